The summed E-state index contributed by atoms with van der Waals surface area (Å²) in [5.41, 5.74) is 2.75. The lowest BCUT2D eigenvalue weighted by Crippen LogP contribution is -2.28. The van der Waals surface area contributed by atoms with E-state index in [-0.39, 0.29) is 11.8 Å². The van der Waals surface area contributed by atoms with E-state index in [1.54, 1.807) is 16.8 Å². The normalized spacial score (nSPS) is 17.1. The van der Waals surface area contributed by atoms with Crippen molar-refractivity contribution in [2.75, 3.05) is 0 Å². The van der Waals surface area contributed by atoms with Crippen LogP contribution < -0.4 is 5.32 Å². The summed E-state index contributed by atoms with van der Waals surface area (Å²) in [7, 11) is 0. The third-order valence-corrected chi connectivity index (χ3v) is 3.29. The molecule has 14 heavy (non-hydrogen) atoms. The first-order valence-electron chi connectivity index (χ1n) is 5.01. The number of carbonyl (C=O) groups is 1. The number of hydrogen-bond donors (Lipinski definition) is 1. The summed E-state index contributed by atoms with van der Waals surface area (Å²) in [6, 6.07) is 0. The Labute approximate surface area is 87.6 Å². The van der Waals surface area contributed by atoms with Crippen molar-refractivity contribution < 1.29 is 4.79 Å². The first-order chi connectivity index (χ1) is 6.86. The van der Waals surface area contributed by atoms with Crippen molar-refractivity contribution in [2.45, 2.75) is 32.2 Å². The van der Waals surface area contributed by atoms with Crippen molar-refractivity contribution in [2.24, 2.45) is 5.92 Å². The highest BCUT2D eigenvalue weighted by atomic mass is 32.1. The van der Waals surface area contributed by atoms with Crippen molar-refractivity contribution in [3.63, 3.8) is 0 Å². The van der Waals surface area contributed by atoms with Crippen LogP contribution in [0.25, 0.3) is 0 Å². The van der Waals surface area contributed by atoms with Gasteiger partial charge in [-0.2, -0.15) is 0 Å². The van der Waals surface area contributed by atoms with Gasteiger partial charge in [0.2, 0.25) is 5.91 Å². The minimum Gasteiger partial charge on any atom is -0.350 e. The predicted octanol–water partition coefficient (Wildman–Crippen LogP) is 1.95. The van der Waals surface area contributed by atoms with E-state index in [1.165, 1.54) is 12.8 Å². The topological polar surface area (TPSA) is 42.0 Å². The SMILES string of the molecule is O=C(NCc1cscn1)C1CCCC1. The molecule has 0 bridgehead atoms. The second-order valence-electron chi connectivity index (χ2n) is 3.68. The molecule has 0 unspecified atom stereocenters. The summed E-state index contributed by atoms with van der Waals surface area (Å²) in [6.45, 7) is 0.582. The first-order valence-corrected chi connectivity index (χ1v) is 5.95. The molecule has 1 saturated carbocycles. The molecule has 1 aliphatic rings. The molecule has 1 amide bonds. The summed E-state index contributed by atoms with van der Waals surface area (Å²) in [5, 5.41) is 4.90. The fourth-order valence-corrected chi connectivity index (χ4v) is 2.39. The molecule has 1 fully saturated rings. The summed E-state index contributed by atoms with van der Waals surface area (Å²) >= 11 is 1.56. The van der Waals surface area contributed by atoms with Gasteiger partial charge in [0.15, 0.2) is 0 Å². The molecular weight excluding hydrogens is 196 g/mol. The molecule has 0 aliphatic heterocycles. The summed E-state index contributed by atoms with van der Waals surface area (Å²) < 4.78 is 0. The molecule has 1 heterocycles. The van der Waals surface area contributed by atoms with Crippen molar-refractivity contribution in [1.82, 2.24) is 10.3 Å². The third-order valence-electron chi connectivity index (χ3n) is 2.65. The molecule has 3 nitrogen and oxygen atoms in total. The fourth-order valence-electron chi connectivity index (χ4n) is 1.83. The number of rotatable bonds is 3. The van der Waals surface area contributed by atoms with Crippen LogP contribution in [0.2, 0.25) is 0 Å². The Hall–Kier alpha value is -0.900. The molecule has 0 spiro atoms. The van der Waals surface area contributed by atoms with Gasteiger partial charge in [0.1, 0.15) is 0 Å². The van der Waals surface area contributed by atoms with Gasteiger partial charge in [-0.25, -0.2) is 4.98 Å². The van der Waals surface area contributed by atoms with E-state index < -0.39 is 0 Å². The van der Waals surface area contributed by atoms with E-state index in [9.17, 15) is 4.79 Å². The Bertz CT molecular complexity index is 291. The predicted molar refractivity (Wildman–Crippen MR) is 55.9 cm³/mol. The number of nitrogens with zero attached hydrogens (tertiary/aromatic N) is 1. The van der Waals surface area contributed by atoms with Crippen LogP contribution in [0.15, 0.2) is 10.9 Å². The lowest BCUT2D eigenvalue weighted by atomic mass is 10.1. The van der Waals surface area contributed by atoms with Gasteiger partial charge in [-0.05, 0) is 12.8 Å². The van der Waals surface area contributed by atoms with Crippen LogP contribution in [0.1, 0.15) is 31.4 Å². The molecule has 1 aromatic heterocycles. The molecule has 0 saturated heterocycles. The number of aromatic nitrogens is 1. The van der Waals surface area contributed by atoms with E-state index in [2.05, 4.69) is 10.3 Å². The van der Waals surface area contributed by atoms with Gasteiger partial charge in [0.25, 0.3) is 0 Å². The lowest BCUT2D eigenvalue weighted by molar-refractivity contribution is -0.124. The molecule has 0 aromatic carbocycles. The van der Waals surface area contributed by atoms with Crippen LogP contribution in [0.4, 0.5) is 0 Å². The van der Waals surface area contributed by atoms with E-state index in [4.69, 9.17) is 0 Å². The van der Waals surface area contributed by atoms with Gasteiger partial charge < -0.3 is 5.32 Å². The average Bonchev–Trinajstić information content (AvgIpc) is 2.87. The fraction of sp³-hybridized carbons (Fsp3) is 0.600. The molecule has 0 radical (unpaired) electrons. The van der Waals surface area contributed by atoms with Crippen molar-refractivity contribution in [1.29, 1.82) is 0 Å². The Kier molecular flexibility index (Phi) is 3.14. The van der Waals surface area contributed by atoms with E-state index in [0.29, 0.717) is 6.54 Å². The smallest absolute Gasteiger partial charge is 0.223 e. The maximum absolute atomic E-state index is 11.6. The Morgan fingerprint density at radius 2 is 2.36 bits per heavy atom. The van der Waals surface area contributed by atoms with Crippen LogP contribution in [0.3, 0.4) is 0 Å². The van der Waals surface area contributed by atoms with Crippen LogP contribution in [0, 0.1) is 5.92 Å². The number of hydrogen-bond acceptors (Lipinski definition) is 3. The first kappa shape index (κ1) is 9.65. The van der Waals surface area contributed by atoms with Gasteiger partial charge >= 0.3 is 0 Å². The lowest BCUT2D eigenvalue weighted by Gasteiger charge is -2.08. The highest BCUT2D eigenvalue weighted by molar-refractivity contribution is 7.07. The van der Waals surface area contributed by atoms with Gasteiger partial charge in [-0.15, -0.1) is 11.3 Å². The highest BCUT2D eigenvalue weighted by Gasteiger charge is 2.22. The monoisotopic (exact) mass is 210 g/mol. The Morgan fingerprint density at radius 1 is 1.57 bits per heavy atom. The summed E-state index contributed by atoms with van der Waals surface area (Å²) in [4.78, 5) is 15.7. The number of thiazole rings is 1. The zero-order valence-corrected chi connectivity index (χ0v) is 8.85. The van der Waals surface area contributed by atoms with Crippen molar-refractivity contribution in [3.8, 4) is 0 Å². The quantitative estimate of drug-likeness (QED) is 0.828. The summed E-state index contributed by atoms with van der Waals surface area (Å²) in [6.07, 6.45) is 4.52. The molecule has 2 rings (SSSR count). The number of amides is 1. The van der Waals surface area contributed by atoms with Gasteiger partial charge in [-0.1, -0.05) is 12.8 Å². The van der Waals surface area contributed by atoms with Crippen LogP contribution in [-0.4, -0.2) is 10.9 Å². The second-order valence-corrected chi connectivity index (χ2v) is 4.40. The molecule has 1 aromatic rings. The van der Waals surface area contributed by atoms with Crippen LogP contribution in [0.5, 0.6) is 0 Å². The highest BCUT2D eigenvalue weighted by Crippen LogP contribution is 2.24. The molecule has 76 valence electrons. The second kappa shape index (κ2) is 4.55. The number of nitrogens with one attached hydrogen (secondary N) is 1. The van der Waals surface area contributed by atoms with Crippen LogP contribution >= 0.6 is 11.3 Å². The van der Waals surface area contributed by atoms with E-state index in [0.717, 1.165) is 18.5 Å². The Balaban J connectivity index is 1.77. The maximum Gasteiger partial charge on any atom is 0.223 e. The van der Waals surface area contributed by atoms with E-state index in [1.807, 2.05) is 5.38 Å². The van der Waals surface area contributed by atoms with E-state index >= 15 is 0 Å². The summed E-state index contributed by atoms with van der Waals surface area (Å²) in [5.74, 6) is 0.462. The molecule has 4 heteroatoms. The molecule has 1 aliphatic carbocycles. The minimum absolute atomic E-state index is 0.204. The molecule has 0 atom stereocenters. The zero-order chi connectivity index (χ0) is 9.80. The third kappa shape index (κ3) is 2.32. The average molecular weight is 210 g/mol. The van der Waals surface area contributed by atoms with Crippen molar-refractivity contribution in [3.05, 3.63) is 16.6 Å². The zero-order valence-electron chi connectivity index (χ0n) is 8.03. The van der Waals surface area contributed by atoms with Crippen LogP contribution in [-0.2, 0) is 11.3 Å². The van der Waals surface area contributed by atoms with Crippen molar-refractivity contribution >= 4 is 17.2 Å². The van der Waals surface area contributed by atoms with Gasteiger partial charge in [0.05, 0.1) is 17.7 Å². The molecule has 1 N–H and O–H groups in total. The largest absolute Gasteiger partial charge is 0.350 e. The van der Waals surface area contributed by atoms with Gasteiger partial charge in [-0.3, -0.25) is 4.79 Å². The minimum atomic E-state index is 0.204. The number of carbonyl (C=O) groups excluding carboxylic acids is 1. The Morgan fingerprint density at radius 3 is 3.00 bits per heavy atom. The maximum atomic E-state index is 11.6. The molecular formula is C10H14N2OS. The standard InChI is InChI=1S/C10H14N2OS/c13-10(8-3-1-2-4-8)11-5-9-6-14-7-12-9/h6-8H,1-5H2,(H,11,13). The van der Waals surface area contributed by atoms with Gasteiger partial charge in [0, 0.05) is 11.3 Å².